The molecule has 9 nitrogen and oxygen atoms in total. The van der Waals surface area contributed by atoms with Gasteiger partial charge in [-0.15, -0.1) is 5.10 Å². The van der Waals surface area contributed by atoms with E-state index in [2.05, 4.69) is 26.0 Å². The molecule has 3 amide bonds. The summed E-state index contributed by atoms with van der Waals surface area (Å²) in [5, 5.41) is 14.0. The third-order valence-corrected chi connectivity index (χ3v) is 5.73. The van der Waals surface area contributed by atoms with Gasteiger partial charge in [0.15, 0.2) is 17.5 Å². The maximum atomic E-state index is 13.4. The van der Waals surface area contributed by atoms with Gasteiger partial charge in [-0.1, -0.05) is 5.21 Å². The van der Waals surface area contributed by atoms with E-state index in [0.717, 1.165) is 4.90 Å². The maximum Gasteiger partial charge on any atom is 0.312 e. The second kappa shape index (κ2) is 9.73. The number of carbonyl (C=O) groups is 3. The first-order valence-corrected chi connectivity index (χ1v) is 10.2. The normalized spacial score (nSPS) is 19.7. The molecule has 184 valence electrons. The number of carbonyl (C=O) groups excluding carboxylic acids is 3. The van der Waals surface area contributed by atoms with Crippen molar-refractivity contribution in [3.05, 3.63) is 41.5 Å². The number of alkyl halides is 2. The summed E-state index contributed by atoms with van der Waals surface area (Å²) in [7, 11) is 0. The van der Waals surface area contributed by atoms with E-state index < -0.39 is 65.5 Å². The Morgan fingerprint density at radius 2 is 1.88 bits per heavy atom. The van der Waals surface area contributed by atoms with E-state index in [1.54, 1.807) is 0 Å². The number of nitrogens with zero attached hydrogens (tertiary/aromatic N) is 3. The van der Waals surface area contributed by atoms with E-state index in [0.29, 0.717) is 12.1 Å². The number of benzene rings is 1. The Balaban J connectivity index is 1.68. The average Bonchev–Trinajstić information content (AvgIpc) is 3.41. The third kappa shape index (κ3) is 5.15. The van der Waals surface area contributed by atoms with E-state index >= 15 is 0 Å². The zero-order valence-corrected chi connectivity index (χ0v) is 18.0. The molecule has 34 heavy (non-hydrogen) atoms. The number of rotatable bonds is 6. The van der Waals surface area contributed by atoms with Crippen LogP contribution in [0.4, 0.5) is 27.6 Å². The SMILES string of the molecule is C[C@H]1[C@@H](C(=O)Nc2cc(F)c(F)c(F)c2)CCN1C(=O)C(=O)N[C@](C)(CC(F)F)c1c[nH]nn1. The zero-order valence-electron chi connectivity index (χ0n) is 18.0. The van der Waals surface area contributed by atoms with Gasteiger partial charge in [-0.05, 0) is 20.3 Å². The van der Waals surface area contributed by atoms with Gasteiger partial charge in [-0.2, -0.15) is 0 Å². The van der Waals surface area contributed by atoms with E-state index in [9.17, 15) is 36.3 Å². The standard InChI is InChI=1S/C20H21F5N6O3/c1-9-11(17(32)27-10-5-12(21)16(25)13(22)6-10)3-4-31(9)19(34)18(33)28-20(2,7-15(23)24)14-8-26-30-29-14/h5-6,8-9,11,15H,3-4,7H2,1-2H3,(H,27,32)(H,28,33)(H,26,29,30)/t9-,11-,20+/m0/s1. The highest BCUT2D eigenvalue weighted by Gasteiger charge is 2.42. The fraction of sp³-hybridized carbons (Fsp3) is 0.450. The number of hydrogen-bond donors (Lipinski definition) is 3. The van der Waals surface area contributed by atoms with Crippen LogP contribution in [0.25, 0.3) is 0 Å². The van der Waals surface area contributed by atoms with Gasteiger partial charge < -0.3 is 15.5 Å². The summed E-state index contributed by atoms with van der Waals surface area (Å²) in [5.74, 6) is -8.43. The van der Waals surface area contributed by atoms with Crippen LogP contribution in [-0.4, -0.2) is 57.0 Å². The fourth-order valence-electron chi connectivity index (χ4n) is 3.87. The molecule has 3 rings (SSSR count). The monoisotopic (exact) mass is 488 g/mol. The fourth-order valence-corrected chi connectivity index (χ4v) is 3.87. The van der Waals surface area contributed by atoms with Crippen LogP contribution in [-0.2, 0) is 19.9 Å². The molecule has 1 aliphatic heterocycles. The van der Waals surface area contributed by atoms with Crippen molar-refractivity contribution >= 4 is 23.4 Å². The molecule has 3 N–H and O–H groups in total. The van der Waals surface area contributed by atoms with Gasteiger partial charge >= 0.3 is 11.8 Å². The van der Waals surface area contributed by atoms with Gasteiger partial charge in [-0.25, -0.2) is 22.0 Å². The lowest BCUT2D eigenvalue weighted by atomic mass is 9.94. The van der Waals surface area contributed by atoms with Crippen molar-refractivity contribution in [2.24, 2.45) is 5.92 Å². The Bertz CT molecular complexity index is 1060. The van der Waals surface area contributed by atoms with Crippen molar-refractivity contribution in [1.29, 1.82) is 0 Å². The van der Waals surface area contributed by atoms with Crippen molar-refractivity contribution < 1.29 is 36.3 Å². The lowest BCUT2D eigenvalue weighted by Crippen LogP contribution is -2.52. The summed E-state index contributed by atoms with van der Waals surface area (Å²) in [5.41, 5.74) is -2.00. The molecular weight excluding hydrogens is 467 g/mol. The van der Waals surface area contributed by atoms with E-state index in [4.69, 9.17) is 0 Å². The number of hydrogen-bond acceptors (Lipinski definition) is 5. The van der Waals surface area contributed by atoms with Crippen LogP contribution in [0.5, 0.6) is 0 Å². The van der Waals surface area contributed by atoms with Gasteiger partial charge in [0.05, 0.1) is 11.5 Å². The topological polar surface area (TPSA) is 120 Å². The van der Waals surface area contributed by atoms with E-state index in [1.165, 1.54) is 20.0 Å². The molecule has 1 fully saturated rings. The number of amides is 3. The Labute approximate surface area is 190 Å². The Kier molecular flexibility index (Phi) is 7.17. The first kappa shape index (κ1) is 25.1. The first-order chi connectivity index (χ1) is 15.9. The number of aromatic nitrogens is 3. The molecule has 0 bridgehead atoms. The number of nitrogens with one attached hydrogen (secondary N) is 3. The Morgan fingerprint density at radius 3 is 2.44 bits per heavy atom. The van der Waals surface area contributed by atoms with Crippen LogP contribution in [0.3, 0.4) is 0 Å². The number of H-pyrrole nitrogens is 1. The van der Waals surface area contributed by atoms with Gasteiger partial charge in [0, 0.05) is 43.0 Å². The highest BCUT2D eigenvalue weighted by atomic mass is 19.3. The van der Waals surface area contributed by atoms with E-state index in [1.807, 2.05) is 0 Å². The smallest absolute Gasteiger partial charge is 0.312 e. The van der Waals surface area contributed by atoms with Gasteiger partial charge in [0.1, 0.15) is 5.69 Å². The third-order valence-electron chi connectivity index (χ3n) is 5.73. The molecule has 0 aliphatic carbocycles. The summed E-state index contributed by atoms with van der Waals surface area (Å²) < 4.78 is 66.1. The summed E-state index contributed by atoms with van der Waals surface area (Å²) in [6.45, 7) is 2.75. The number of likely N-dealkylation sites (tertiary alicyclic amines) is 1. The van der Waals surface area contributed by atoms with Gasteiger partial charge in [0.25, 0.3) is 0 Å². The number of anilines is 1. The van der Waals surface area contributed by atoms with Crippen LogP contribution in [0, 0.1) is 23.4 Å². The number of aromatic amines is 1. The molecule has 2 aromatic rings. The molecule has 1 aliphatic rings. The molecule has 2 heterocycles. The molecule has 1 aromatic heterocycles. The lowest BCUT2D eigenvalue weighted by Gasteiger charge is -2.30. The Morgan fingerprint density at radius 1 is 1.24 bits per heavy atom. The Hall–Kier alpha value is -3.58. The van der Waals surface area contributed by atoms with Crippen LogP contribution < -0.4 is 10.6 Å². The summed E-state index contributed by atoms with van der Waals surface area (Å²) in [4.78, 5) is 39.0. The van der Waals surface area contributed by atoms with Crippen molar-refractivity contribution in [3.8, 4) is 0 Å². The molecule has 1 saturated heterocycles. The molecule has 0 radical (unpaired) electrons. The molecule has 14 heteroatoms. The van der Waals surface area contributed by atoms with Crippen molar-refractivity contribution in [2.45, 2.75) is 44.7 Å². The maximum absolute atomic E-state index is 13.4. The molecule has 0 unspecified atom stereocenters. The zero-order chi connectivity index (χ0) is 25.2. The minimum Gasteiger partial charge on any atom is -0.337 e. The quantitative estimate of drug-likeness (QED) is 0.327. The lowest BCUT2D eigenvalue weighted by molar-refractivity contribution is -0.148. The highest BCUT2D eigenvalue weighted by molar-refractivity contribution is 6.35. The molecular formula is C20H21F5N6O3. The van der Waals surface area contributed by atoms with Crippen LogP contribution in [0.1, 0.15) is 32.4 Å². The van der Waals surface area contributed by atoms with Crippen LogP contribution in [0.2, 0.25) is 0 Å². The van der Waals surface area contributed by atoms with Gasteiger partial charge in [0.2, 0.25) is 12.3 Å². The molecule has 3 atom stereocenters. The van der Waals surface area contributed by atoms with Crippen LogP contribution in [0.15, 0.2) is 18.3 Å². The molecule has 1 aromatic carbocycles. The summed E-state index contributed by atoms with van der Waals surface area (Å²) >= 11 is 0. The highest BCUT2D eigenvalue weighted by Crippen LogP contribution is 2.28. The summed E-state index contributed by atoms with van der Waals surface area (Å²) in [6, 6.07) is 0.418. The van der Waals surface area contributed by atoms with E-state index in [-0.39, 0.29) is 24.3 Å². The average molecular weight is 488 g/mol. The van der Waals surface area contributed by atoms with Crippen LogP contribution >= 0.6 is 0 Å². The molecule has 0 saturated carbocycles. The van der Waals surface area contributed by atoms with Gasteiger partial charge in [-0.3, -0.25) is 19.5 Å². The minimum atomic E-state index is -2.82. The largest absolute Gasteiger partial charge is 0.337 e. The van der Waals surface area contributed by atoms with Crippen molar-refractivity contribution in [2.75, 3.05) is 11.9 Å². The predicted octanol–water partition coefficient (Wildman–Crippen LogP) is 2.08. The number of halogens is 5. The predicted molar refractivity (Wildman–Crippen MR) is 107 cm³/mol. The first-order valence-electron chi connectivity index (χ1n) is 10.2. The summed E-state index contributed by atoms with van der Waals surface area (Å²) in [6.07, 6.45) is -2.32. The van der Waals surface area contributed by atoms with Crippen molar-refractivity contribution in [1.82, 2.24) is 25.6 Å². The minimum absolute atomic E-state index is 0.000521. The second-order valence-corrected chi connectivity index (χ2v) is 8.12. The second-order valence-electron chi connectivity index (χ2n) is 8.12. The molecule has 0 spiro atoms. The van der Waals surface area contributed by atoms with Crippen molar-refractivity contribution in [3.63, 3.8) is 0 Å².